The molecule has 0 spiro atoms. The average Bonchev–Trinajstić information content (AvgIpc) is 3.32. The smallest absolute Gasteiger partial charge is 0.246 e. The highest BCUT2D eigenvalue weighted by Crippen LogP contribution is 2.33. The number of likely N-dealkylation sites (tertiary alicyclic amines) is 1. The molecule has 0 saturated carbocycles. The predicted octanol–water partition coefficient (Wildman–Crippen LogP) is 3.74. The van der Waals surface area contributed by atoms with Gasteiger partial charge in [-0.2, -0.15) is 4.31 Å². The van der Waals surface area contributed by atoms with E-state index in [-0.39, 0.29) is 10.8 Å². The minimum Gasteiger partial charge on any atom is -0.379 e. The Bertz CT molecular complexity index is 1250. The van der Waals surface area contributed by atoms with Gasteiger partial charge in [-0.3, -0.25) is 4.79 Å². The molecule has 0 aliphatic carbocycles. The maximum absolute atomic E-state index is 12.7. The molecule has 0 N–H and O–H groups in total. The number of hydrogen-bond acceptors (Lipinski definition) is 6. The molecule has 5 rings (SSSR count). The van der Waals surface area contributed by atoms with Crippen molar-refractivity contribution in [3.05, 3.63) is 65.2 Å². The summed E-state index contributed by atoms with van der Waals surface area (Å²) in [5, 5.41) is 1.16. The Balaban J connectivity index is 1.17. The van der Waals surface area contributed by atoms with Gasteiger partial charge >= 0.3 is 0 Å². The van der Waals surface area contributed by atoms with E-state index < -0.39 is 10.0 Å². The number of rotatable bonds is 5. The Morgan fingerprint density at radius 2 is 1.71 bits per heavy atom. The number of nitrogens with zero attached hydrogens (tertiary/aromatic N) is 3. The monoisotopic (exact) mass is 497 g/mol. The zero-order valence-electron chi connectivity index (χ0n) is 18.8. The number of carbonyl (C=O) groups is 1. The van der Waals surface area contributed by atoms with Gasteiger partial charge in [0.2, 0.25) is 15.9 Å². The van der Waals surface area contributed by atoms with Crippen molar-refractivity contribution in [2.75, 3.05) is 39.4 Å². The summed E-state index contributed by atoms with van der Waals surface area (Å²) in [5.74, 6) is 0.374. The molecule has 7 nitrogen and oxygen atoms in total. The van der Waals surface area contributed by atoms with Gasteiger partial charge in [0.05, 0.1) is 33.3 Å². The fourth-order valence-electron chi connectivity index (χ4n) is 4.37. The fourth-order valence-corrected chi connectivity index (χ4v) is 6.92. The lowest BCUT2D eigenvalue weighted by atomic mass is 9.97. The normalized spacial score (nSPS) is 18.6. The summed E-state index contributed by atoms with van der Waals surface area (Å²) in [6, 6.07) is 14.8. The molecule has 1 aromatic heterocycles. The van der Waals surface area contributed by atoms with E-state index in [9.17, 15) is 13.2 Å². The van der Waals surface area contributed by atoms with Gasteiger partial charge in [-0.05, 0) is 48.7 Å². The Kier molecular flexibility index (Phi) is 6.78. The first-order valence-corrected chi connectivity index (χ1v) is 13.8. The number of benzene rings is 2. The highest BCUT2D eigenvalue weighted by Gasteiger charge is 2.27. The van der Waals surface area contributed by atoms with Gasteiger partial charge in [-0.1, -0.05) is 24.3 Å². The number of amides is 1. The second-order valence-corrected chi connectivity index (χ2v) is 11.5. The summed E-state index contributed by atoms with van der Waals surface area (Å²) in [4.78, 5) is 19.6. The minimum atomic E-state index is -3.51. The Labute approximate surface area is 203 Å². The lowest BCUT2D eigenvalue weighted by Crippen LogP contribution is -2.40. The standard InChI is InChI=1S/C25H27N3O4S2/c29-24(27-13-11-20(12-14-27)25-26-22-3-1-2-4-23(22)33-25)10-7-19-5-8-21(9-6-19)34(30,31)28-15-17-32-18-16-28/h1-10,20H,11-18H2/b10-7+. The molecule has 0 unspecified atom stereocenters. The number of ether oxygens (including phenoxy) is 1. The zero-order chi connectivity index (χ0) is 23.5. The number of aromatic nitrogens is 1. The van der Waals surface area contributed by atoms with Crippen molar-refractivity contribution in [3.8, 4) is 0 Å². The molecular formula is C25H27N3O4S2. The van der Waals surface area contributed by atoms with Crippen LogP contribution >= 0.6 is 11.3 Å². The van der Waals surface area contributed by atoms with Crippen LogP contribution in [-0.4, -0.2) is 67.9 Å². The molecule has 2 aliphatic rings. The van der Waals surface area contributed by atoms with Crippen LogP contribution in [-0.2, 0) is 19.6 Å². The number of carbonyl (C=O) groups excluding carboxylic acids is 1. The van der Waals surface area contributed by atoms with E-state index >= 15 is 0 Å². The third kappa shape index (κ3) is 4.93. The lowest BCUT2D eigenvalue weighted by Gasteiger charge is -2.30. The van der Waals surface area contributed by atoms with E-state index in [1.807, 2.05) is 23.1 Å². The molecule has 2 saturated heterocycles. The van der Waals surface area contributed by atoms with Crippen LogP contribution in [0.15, 0.2) is 59.5 Å². The van der Waals surface area contributed by atoms with Crippen molar-refractivity contribution in [1.29, 1.82) is 0 Å². The van der Waals surface area contributed by atoms with Crippen molar-refractivity contribution in [1.82, 2.24) is 14.2 Å². The Morgan fingerprint density at radius 3 is 2.41 bits per heavy atom. The summed E-state index contributed by atoms with van der Waals surface area (Å²) >= 11 is 1.75. The van der Waals surface area contributed by atoms with Crippen LogP contribution in [0.1, 0.15) is 29.3 Å². The van der Waals surface area contributed by atoms with Gasteiger partial charge in [0.15, 0.2) is 0 Å². The second-order valence-electron chi connectivity index (χ2n) is 8.54. The molecule has 3 aromatic rings. The summed E-state index contributed by atoms with van der Waals surface area (Å²) in [5.41, 5.74) is 1.84. The first kappa shape index (κ1) is 23.2. The van der Waals surface area contributed by atoms with Gasteiger partial charge in [0, 0.05) is 38.2 Å². The molecule has 178 valence electrons. The molecule has 1 amide bonds. The number of piperidine rings is 1. The molecule has 0 atom stereocenters. The van der Waals surface area contributed by atoms with Crippen molar-refractivity contribution in [2.45, 2.75) is 23.7 Å². The minimum absolute atomic E-state index is 0.0206. The third-order valence-electron chi connectivity index (χ3n) is 6.37. The van der Waals surface area contributed by atoms with Crippen LogP contribution in [0.5, 0.6) is 0 Å². The second kappa shape index (κ2) is 9.95. The maximum atomic E-state index is 12.7. The van der Waals surface area contributed by atoms with Crippen molar-refractivity contribution >= 4 is 43.6 Å². The molecule has 2 fully saturated rings. The summed E-state index contributed by atoms with van der Waals surface area (Å²) in [6.45, 7) is 2.99. The summed E-state index contributed by atoms with van der Waals surface area (Å²) < 4.78 is 33.4. The molecule has 0 radical (unpaired) electrons. The van der Waals surface area contributed by atoms with E-state index in [4.69, 9.17) is 9.72 Å². The average molecular weight is 498 g/mol. The van der Waals surface area contributed by atoms with Crippen LogP contribution in [0, 0.1) is 0 Å². The van der Waals surface area contributed by atoms with Crippen molar-refractivity contribution < 1.29 is 17.9 Å². The number of hydrogen-bond donors (Lipinski definition) is 0. The van der Waals surface area contributed by atoms with Crippen LogP contribution < -0.4 is 0 Å². The van der Waals surface area contributed by atoms with Gasteiger partial charge in [-0.25, -0.2) is 13.4 Å². The van der Waals surface area contributed by atoms with E-state index in [1.54, 1.807) is 47.8 Å². The highest BCUT2D eigenvalue weighted by molar-refractivity contribution is 7.89. The van der Waals surface area contributed by atoms with Crippen LogP contribution in [0.3, 0.4) is 0 Å². The Morgan fingerprint density at radius 1 is 1.00 bits per heavy atom. The van der Waals surface area contributed by atoms with E-state index in [0.717, 1.165) is 28.9 Å². The first-order chi connectivity index (χ1) is 16.5. The quantitative estimate of drug-likeness (QED) is 0.502. The topological polar surface area (TPSA) is 79.8 Å². The van der Waals surface area contributed by atoms with Crippen LogP contribution in [0.2, 0.25) is 0 Å². The van der Waals surface area contributed by atoms with Crippen molar-refractivity contribution in [3.63, 3.8) is 0 Å². The molecule has 3 heterocycles. The number of para-hydroxylation sites is 1. The highest BCUT2D eigenvalue weighted by atomic mass is 32.2. The van der Waals surface area contributed by atoms with E-state index in [2.05, 4.69) is 6.07 Å². The zero-order valence-corrected chi connectivity index (χ0v) is 20.4. The number of thiazole rings is 1. The number of morpholine rings is 1. The van der Waals surface area contributed by atoms with E-state index in [1.165, 1.54) is 9.01 Å². The fraction of sp³-hybridized carbons (Fsp3) is 0.360. The van der Waals surface area contributed by atoms with Crippen molar-refractivity contribution in [2.24, 2.45) is 0 Å². The van der Waals surface area contributed by atoms with Crippen LogP contribution in [0.4, 0.5) is 0 Å². The molecule has 2 aromatic carbocycles. The van der Waals surface area contributed by atoms with Gasteiger partial charge in [-0.15, -0.1) is 11.3 Å². The maximum Gasteiger partial charge on any atom is 0.246 e. The van der Waals surface area contributed by atoms with E-state index in [0.29, 0.717) is 45.3 Å². The summed E-state index contributed by atoms with van der Waals surface area (Å²) in [6.07, 6.45) is 5.14. The first-order valence-electron chi connectivity index (χ1n) is 11.5. The van der Waals surface area contributed by atoms with Gasteiger partial charge in [0.1, 0.15) is 0 Å². The summed E-state index contributed by atoms with van der Waals surface area (Å²) in [7, 11) is -3.51. The third-order valence-corrected chi connectivity index (χ3v) is 9.48. The van der Waals surface area contributed by atoms with Gasteiger partial charge < -0.3 is 9.64 Å². The SMILES string of the molecule is O=C(/C=C/c1ccc(S(=O)(=O)N2CCOCC2)cc1)N1CCC(c2nc3ccccc3s2)CC1. The lowest BCUT2D eigenvalue weighted by molar-refractivity contribution is -0.126. The predicted molar refractivity (Wildman–Crippen MR) is 133 cm³/mol. The number of sulfonamides is 1. The Hall–Kier alpha value is -2.59. The molecule has 2 aliphatic heterocycles. The molecule has 0 bridgehead atoms. The molecule has 34 heavy (non-hydrogen) atoms. The number of fused-ring (bicyclic) bond motifs is 1. The van der Waals surface area contributed by atoms with Gasteiger partial charge in [0.25, 0.3) is 0 Å². The molecule has 9 heteroatoms. The molecular weight excluding hydrogens is 470 g/mol. The largest absolute Gasteiger partial charge is 0.379 e. The van der Waals surface area contributed by atoms with Crippen LogP contribution in [0.25, 0.3) is 16.3 Å².